The van der Waals surface area contributed by atoms with Gasteiger partial charge < -0.3 is 19.3 Å². The number of piperazine rings is 1. The van der Waals surface area contributed by atoms with Crippen LogP contribution >= 0.6 is 0 Å². The monoisotopic (exact) mass is 659 g/mol. The summed E-state index contributed by atoms with van der Waals surface area (Å²) in [6.45, 7) is 4.26. The Labute approximate surface area is 273 Å². The van der Waals surface area contributed by atoms with Crippen LogP contribution in [0.4, 0.5) is 22.0 Å². The quantitative estimate of drug-likeness (QED) is 0.330. The number of anilines is 3. The molecule has 0 spiro atoms. The third kappa shape index (κ3) is 6.23. The smallest absolute Gasteiger partial charge is 0.414 e. The first-order valence-electron chi connectivity index (χ1n) is 16.0. The predicted octanol–water partition coefficient (Wildman–Crippen LogP) is 3.95. The van der Waals surface area contributed by atoms with Crippen molar-refractivity contribution in [3.8, 4) is 0 Å². The SMILES string of the molecule is Cc1cc(C2CC2)cnc1N1CCN(C(=O)c2ccc(N3C(=O)OC[C@H]3COC(=O)c3ccccc3)cc2N2CCCS2(=O)=O)CC1. The molecule has 12 nitrogen and oxygen atoms in total. The molecule has 47 heavy (non-hydrogen) atoms. The maximum Gasteiger partial charge on any atom is 0.414 e. The summed E-state index contributed by atoms with van der Waals surface area (Å²) in [5.74, 6) is 0.717. The lowest BCUT2D eigenvalue weighted by Crippen LogP contribution is -2.49. The first-order valence-corrected chi connectivity index (χ1v) is 17.6. The van der Waals surface area contributed by atoms with Crippen molar-refractivity contribution in [3.63, 3.8) is 0 Å². The number of hydrogen-bond donors (Lipinski definition) is 0. The van der Waals surface area contributed by atoms with Crippen LogP contribution < -0.4 is 14.1 Å². The lowest BCUT2D eigenvalue weighted by molar-refractivity contribution is 0.0475. The molecule has 1 saturated carbocycles. The van der Waals surface area contributed by atoms with E-state index in [1.54, 1.807) is 53.4 Å². The third-order valence-electron chi connectivity index (χ3n) is 9.22. The number of nitrogens with zero attached hydrogens (tertiary/aromatic N) is 5. The Morgan fingerprint density at radius 3 is 2.45 bits per heavy atom. The van der Waals surface area contributed by atoms with E-state index in [4.69, 9.17) is 14.5 Å². The van der Waals surface area contributed by atoms with Gasteiger partial charge in [0.05, 0.1) is 22.6 Å². The summed E-state index contributed by atoms with van der Waals surface area (Å²) in [4.78, 5) is 49.5. The van der Waals surface area contributed by atoms with Gasteiger partial charge in [-0.05, 0) is 73.6 Å². The largest absolute Gasteiger partial charge is 0.460 e. The number of rotatable bonds is 8. The van der Waals surface area contributed by atoms with Crippen LogP contribution in [0.15, 0.2) is 60.8 Å². The molecule has 0 unspecified atom stereocenters. The van der Waals surface area contributed by atoms with Crippen LogP contribution in [0.3, 0.4) is 0 Å². The molecular weight excluding hydrogens is 622 g/mol. The number of sulfonamides is 1. The molecule has 1 atom stereocenters. The summed E-state index contributed by atoms with van der Waals surface area (Å²) in [6.07, 6.45) is 4.18. The molecule has 3 saturated heterocycles. The molecule has 0 N–H and O–H groups in total. The first-order chi connectivity index (χ1) is 22.7. The normalized spacial score (nSPS) is 20.8. The van der Waals surface area contributed by atoms with Crippen molar-refractivity contribution >= 4 is 45.2 Å². The Morgan fingerprint density at radius 1 is 1.00 bits per heavy atom. The highest BCUT2D eigenvalue weighted by Crippen LogP contribution is 2.41. The zero-order chi connectivity index (χ0) is 32.7. The topological polar surface area (TPSA) is 130 Å². The van der Waals surface area contributed by atoms with Gasteiger partial charge in [-0.15, -0.1) is 0 Å². The van der Waals surface area contributed by atoms with E-state index in [1.807, 2.05) is 6.20 Å². The van der Waals surface area contributed by atoms with Crippen molar-refractivity contribution in [2.24, 2.45) is 0 Å². The highest BCUT2D eigenvalue weighted by Gasteiger charge is 2.38. The van der Waals surface area contributed by atoms with Crippen molar-refractivity contribution in [1.82, 2.24) is 9.88 Å². The van der Waals surface area contributed by atoms with Gasteiger partial charge in [0.25, 0.3) is 5.91 Å². The maximum absolute atomic E-state index is 14.0. The van der Waals surface area contributed by atoms with Crippen LogP contribution in [0, 0.1) is 6.92 Å². The molecule has 4 heterocycles. The lowest BCUT2D eigenvalue weighted by atomic mass is 10.1. The number of esters is 1. The van der Waals surface area contributed by atoms with Crippen LogP contribution in [-0.4, -0.2) is 94.0 Å². The van der Waals surface area contributed by atoms with Crippen molar-refractivity contribution in [1.29, 1.82) is 0 Å². The van der Waals surface area contributed by atoms with Gasteiger partial charge in [-0.2, -0.15) is 0 Å². The average molecular weight is 660 g/mol. The Balaban J connectivity index is 1.10. The van der Waals surface area contributed by atoms with Gasteiger partial charge in [-0.25, -0.2) is 23.0 Å². The van der Waals surface area contributed by atoms with E-state index in [1.165, 1.54) is 27.6 Å². The minimum Gasteiger partial charge on any atom is -0.460 e. The van der Waals surface area contributed by atoms with E-state index in [0.717, 1.165) is 11.4 Å². The standard InChI is InChI=1S/C34H37N5O7S/c1-23-18-26(24-8-9-24)20-35-31(23)36-13-15-37(16-14-36)32(40)29-11-10-27(19-30(29)38-12-5-17-47(38,43)44)39-28(22-46-34(39)42)21-45-33(41)25-6-3-2-4-7-25/h2-4,6-7,10-11,18-20,24,28H,5,8-9,12-17,21-22H2,1H3/t28-/m1/s1. The number of amides is 2. The average Bonchev–Trinajstić information content (AvgIpc) is 3.78. The minimum absolute atomic E-state index is 0.0130. The van der Waals surface area contributed by atoms with Crippen LogP contribution in [0.1, 0.15) is 57.0 Å². The summed E-state index contributed by atoms with van der Waals surface area (Å²) in [5, 5.41) is 0. The van der Waals surface area contributed by atoms with Crippen molar-refractivity contribution < 1.29 is 32.3 Å². The molecule has 7 rings (SSSR count). The number of aryl methyl sites for hydroxylation is 1. The number of ether oxygens (including phenoxy) is 2. The van der Waals surface area contributed by atoms with Crippen LogP contribution in [0.2, 0.25) is 0 Å². The number of aromatic nitrogens is 1. The number of benzene rings is 2. The minimum atomic E-state index is -3.66. The molecule has 1 aromatic heterocycles. The van der Waals surface area contributed by atoms with E-state index >= 15 is 0 Å². The molecule has 13 heteroatoms. The Morgan fingerprint density at radius 2 is 1.77 bits per heavy atom. The molecule has 0 bridgehead atoms. The summed E-state index contributed by atoms with van der Waals surface area (Å²) >= 11 is 0. The van der Waals surface area contributed by atoms with Crippen LogP contribution in [0.25, 0.3) is 0 Å². The zero-order valence-corrected chi connectivity index (χ0v) is 27.0. The van der Waals surface area contributed by atoms with Crippen molar-refractivity contribution in [2.75, 3.05) is 65.8 Å². The molecule has 4 fully saturated rings. The van der Waals surface area contributed by atoms with Gasteiger partial charge in [-0.3, -0.25) is 14.0 Å². The first kappa shape index (κ1) is 31.0. The van der Waals surface area contributed by atoms with Gasteiger partial charge >= 0.3 is 12.1 Å². The van der Waals surface area contributed by atoms with Gasteiger partial charge in [0, 0.05) is 44.6 Å². The summed E-state index contributed by atoms with van der Waals surface area (Å²) in [7, 11) is -3.66. The van der Waals surface area contributed by atoms with E-state index in [9.17, 15) is 22.8 Å². The fraction of sp³-hybridized carbons (Fsp3) is 0.412. The van der Waals surface area contributed by atoms with Crippen molar-refractivity contribution in [2.45, 2.75) is 38.1 Å². The Hall–Kier alpha value is -4.65. The highest BCUT2D eigenvalue weighted by atomic mass is 32.2. The molecule has 246 valence electrons. The van der Waals surface area contributed by atoms with E-state index in [0.29, 0.717) is 49.8 Å². The summed E-state index contributed by atoms with van der Waals surface area (Å²) in [5.41, 5.74) is 3.61. The summed E-state index contributed by atoms with van der Waals surface area (Å²) in [6, 6.07) is 14.9. The number of carbonyl (C=O) groups is 3. The summed E-state index contributed by atoms with van der Waals surface area (Å²) < 4.78 is 38.3. The van der Waals surface area contributed by atoms with Gasteiger partial charge in [0.1, 0.15) is 25.1 Å². The van der Waals surface area contributed by atoms with Gasteiger partial charge in [0.15, 0.2) is 0 Å². The lowest BCUT2D eigenvalue weighted by Gasteiger charge is -2.36. The molecule has 0 radical (unpaired) electrons. The van der Waals surface area contributed by atoms with Crippen LogP contribution in [-0.2, 0) is 19.5 Å². The predicted molar refractivity (Wildman–Crippen MR) is 176 cm³/mol. The number of carbonyl (C=O) groups excluding carboxylic acids is 3. The molecule has 2 amide bonds. The second kappa shape index (κ2) is 12.5. The van der Waals surface area contributed by atoms with Gasteiger partial charge in [0.2, 0.25) is 10.0 Å². The maximum atomic E-state index is 14.0. The number of hydrogen-bond acceptors (Lipinski definition) is 9. The molecule has 1 aliphatic carbocycles. The van der Waals surface area contributed by atoms with E-state index < -0.39 is 28.1 Å². The zero-order valence-electron chi connectivity index (χ0n) is 26.2. The fourth-order valence-electron chi connectivity index (χ4n) is 6.55. The van der Waals surface area contributed by atoms with E-state index in [-0.39, 0.29) is 42.7 Å². The Bertz CT molecular complexity index is 1810. The number of cyclic esters (lactones) is 1. The fourth-order valence-corrected chi connectivity index (χ4v) is 8.12. The second-order valence-electron chi connectivity index (χ2n) is 12.5. The molecular formula is C34H37N5O7S. The molecule has 4 aliphatic rings. The van der Waals surface area contributed by atoms with Gasteiger partial charge in [-0.1, -0.05) is 24.3 Å². The number of pyridine rings is 1. The molecule has 3 aromatic rings. The molecule has 3 aliphatic heterocycles. The second-order valence-corrected chi connectivity index (χ2v) is 14.5. The Kier molecular flexibility index (Phi) is 8.25. The van der Waals surface area contributed by atoms with E-state index in [2.05, 4.69) is 17.9 Å². The molecule has 2 aromatic carbocycles. The third-order valence-corrected chi connectivity index (χ3v) is 11.1. The van der Waals surface area contributed by atoms with Crippen LogP contribution in [0.5, 0.6) is 0 Å². The van der Waals surface area contributed by atoms with Crippen molar-refractivity contribution in [3.05, 3.63) is 83.0 Å². The highest BCUT2D eigenvalue weighted by molar-refractivity contribution is 7.93.